The SMILES string of the molecule is CC(C)[C@]1(C)NC(=O)CN(C(=O)OC(C)(C)C)C1=O. The molecular weight excluding hydrogens is 248 g/mol. The topological polar surface area (TPSA) is 75.7 Å². The van der Waals surface area contributed by atoms with Crippen molar-refractivity contribution in [2.75, 3.05) is 6.54 Å². The summed E-state index contributed by atoms with van der Waals surface area (Å²) in [4.78, 5) is 36.9. The summed E-state index contributed by atoms with van der Waals surface area (Å²) < 4.78 is 5.16. The van der Waals surface area contributed by atoms with Gasteiger partial charge in [-0.3, -0.25) is 9.59 Å². The van der Waals surface area contributed by atoms with Gasteiger partial charge in [0.25, 0.3) is 5.91 Å². The van der Waals surface area contributed by atoms with E-state index in [-0.39, 0.29) is 18.4 Å². The van der Waals surface area contributed by atoms with Gasteiger partial charge in [0.15, 0.2) is 0 Å². The van der Waals surface area contributed by atoms with Crippen LogP contribution in [0.1, 0.15) is 41.5 Å². The number of carbonyl (C=O) groups excluding carboxylic acids is 3. The van der Waals surface area contributed by atoms with Crippen molar-refractivity contribution >= 4 is 17.9 Å². The molecule has 1 heterocycles. The summed E-state index contributed by atoms with van der Waals surface area (Å²) in [7, 11) is 0. The van der Waals surface area contributed by atoms with E-state index < -0.39 is 23.1 Å². The largest absolute Gasteiger partial charge is 0.443 e. The van der Waals surface area contributed by atoms with E-state index in [0.29, 0.717) is 0 Å². The Kier molecular flexibility index (Phi) is 3.93. The fourth-order valence-electron chi connectivity index (χ4n) is 1.73. The number of hydrogen-bond acceptors (Lipinski definition) is 4. The average molecular weight is 270 g/mol. The van der Waals surface area contributed by atoms with Gasteiger partial charge in [-0.25, -0.2) is 9.69 Å². The minimum atomic E-state index is -1.08. The summed E-state index contributed by atoms with van der Waals surface area (Å²) in [6.07, 6.45) is -0.778. The Hall–Kier alpha value is -1.59. The van der Waals surface area contributed by atoms with Crippen molar-refractivity contribution in [1.29, 1.82) is 0 Å². The van der Waals surface area contributed by atoms with Gasteiger partial charge in [0.2, 0.25) is 5.91 Å². The van der Waals surface area contributed by atoms with Crippen LogP contribution in [0.25, 0.3) is 0 Å². The molecule has 1 aliphatic rings. The number of imide groups is 1. The Morgan fingerprint density at radius 2 is 1.89 bits per heavy atom. The van der Waals surface area contributed by atoms with Gasteiger partial charge in [0, 0.05) is 0 Å². The van der Waals surface area contributed by atoms with Gasteiger partial charge >= 0.3 is 6.09 Å². The molecule has 0 unspecified atom stereocenters. The summed E-state index contributed by atoms with van der Waals surface area (Å²) in [6, 6.07) is 0. The summed E-state index contributed by atoms with van der Waals surface area (Å²) in [5, 5.41) is 2.65. The first-order chi connectivity index (χ1) is 8.47. The van der Waals surface area contributed by atoms with E-state index >= 15 is 0 Å². The van der Waals surface area contributed by atoms with Crippen LogP contribution in [-0.2, 0) is 14.3 Å². The van der Waals surface area contributed by atoms with E-state index in [1.54, 1.807) is 27.7 Å². The van der Waals surface area contributed by atoms with Crippen LogP contribution in [0.2, 0.25) is 0 Å². The lowest BCUT2D eigenvalue weighted by molar-refractivity contribution is -0.150. The predicted molar refractivity (Wildman–Crippen MR) is 69.3 cm³/mol. The average Bonchev–Trinajstić information content (AvgIpc) is 2.20. The molecule has 1 atom stereocenters. The third-order valence-corrected chi connectivity index (χ3v) is 3.16. The van der Waals surface area contributed by atoms with E-state index in [2.05, 4.69) is 5.32 Å². The molecule has 1 saturated heterocycles. The second-order valence-corrected chi connectivity index (χ2v) is 6.28. The number of rotatable bonds is 1. The van der Waals surface area contributed by atoms with Crippen LogP contribution >= 0.6 is 0 Å². The predicted octanol–water partition coefficient (Wildman–Crippen LogP) is 1.29. The molecule has 6 heteroatoms. The van der Waals surface area contributed by atoms with E-state index in [0.717, 1.165) is 4.90 Å². The number of piperazine rings is 1. The van der Waals surface area contributed by atoms with Gasteiger partial charge in [0.05, 0.1) is 0 Å². The lowest BCUT2D eigenvalue weighted by Gasteiger charge is -2.41. The van der Waals surface area contributed by atoms with Crippen molar-refractivity contribution in [2.24, 2.45) is 5.92 Å². The van der Waals surface area contributed by atoms with Gasteiger partial charge in [-0.15, -0.1) is 0 Å². The maximum Gasteiger partial charge on any atom is 0.417 e. The van der Waals surface area contributed by atoms with Crippen LogP contribution < -0.4 is 5.32 Å². The van der Waals surface area contributed by atoms with Gasteiger partial charge in [-0.2, -0.15) is 0 Å². The van der Waals surface area contributed by atoms with Crippen LogP contribution in [0.3, 0.4) is 0 Å². The maximum absolute atomic E-state index is 12.4. The number of nitrogens with one attached hydrogen (secondary N) is 1. The third-order valence-electron chi connectivity index (χ3n) is 3.16. The van der Waals surface area contributed by atoms with Crippen LogP contribution in [0.4, 0.5) is 4.79 Å². The smallest absolute Gasteiger partial charge is 0.417 e. The molecule has 0 spiro atoms. The van der Waals surface area contributed by atoms with Crippen LogP contribution in [0.15, 0.2) is 0 Å². The minimum absolute atomic E-state index is 0.130. The molecular formula is C13H22N2O4. The molecule has 1 N–H and O–H groups in total. The van der Waals surface area contributed by atoms with Crippen LogP contribution in [0.5, 0.6) is 0 Å². The molecule has 1 aliphatic heterocycles. The summed E-state index contributed by atoms with van der Waals surface area (Å²) in [5.41, 5.74) is -1.79. The molecule has 1 rings (SSSR count). The molecule has 19 heavy (non-hydrogen) atoms. The normalized spacial score (nSPS) is 24.5. The standard InChI is InChI=1S/C13H22N2O4/c1-8(2)13(6)10(17)15(7-9(16)14-13)11(18)19-12(3,4)5/h8H,7H2,1-6H3,(H,14,16)/t13-/m0/s1. The highest BCUT2D eigenvalue weighted by Gasteiger charge is 2.48. The van der Waals surface area contributed by atoms with E-state index in [4.69, 9.17) is 4.74 Å². The number of hydrogen-bond donors (Lipinski definition) is 1. The van der Waals surface area contributed by atoms with Crippen LogP contribution in [0, 0.1) is 5.92 Å². The highest BCUT2D eigenvalue weighted by Crippen LogP contribution is 2.24. The Balaban J connectivity index is 2.99. The van der Waals surface area contributed by atoms with Gasteiger partial charge in [-0.05, 0) is 33.6 Å². The molecule has 3 amide bonds. The first-order valence-electron chi connectivity index (χ1n) is 6.33. The monoisotopic (exact) mass is 270 g/mol. The first-order valence-corrected chi connectivity index (χ1v) is 6.33. The van der Waals surface area contributed by atoms with Crippen molar-refractivity contribution in [2.45, 2.75) is 52.7 Å². The third kappa shape index (κ3) is 3.24. The molecule has 108 valence electrons. The Morgan fingerprint density at radius 1 is 1.37 bits per heavy atom. The zero-order valence-electron chi connectivity index (χ0n) is 12.4. The first kappa shape index (κ1) is 15.5. The fourth-order valence-corrected chi connectivity index (χ4v) is 1.73. The number of carbonyl (C=O) groups is 3. The highest BCUT2D eigenvalue weighted by molar-refractivity contribution is 6.05. The van der Waals surface area contributed by atoms with Gasteiger partial charge in [-0.1, -0.05) is 13.8 Å². The van der Waals surface area contributed by atoms with Crippen molar-refractivity contribution in [3.8, 4) is 0 Å². The van der Waals surface area contributed by atoms with Gasteiger partial charge in [0.1, 0.15) is 17.7 Å². The second-order valence-electron chi connectivity index (χ2n) is 6.28. The quantitative estimate of drug-likeness (QED) is 0.779. The van der Waals surface area contributed by atoms with Crippen molar-refractivity contribution in [3.63, 3.8) is 0 Å². The lowest BCUT2D eigenvalue weighted by atomic mass is 9.85. The van der Waals surface area contributed by atoms with E-state index in [1.807, 2.05) is 13.8 Å². The maximum atomic E-state index is 12.4. The lowest BCUT2D eigenvalue weighted by Crippen LogP contribution is -2.68. The number of amides is 3. The Labute approximate surface area is 113 Å². The molecule has 1 fully saturated rings. The molecule has 6 nitrogen and oxygen atoms in total. The van der Waals surface area contributed by atoms with Gasteiger partial charge < -0.3 is 10.1 Å². The molecule has 0 saturated carbocycles. The zero-order valence-corrected chi connectivity index (χ0v) is 12.4. The molecule has 0 aliphatic carbocycles. The number of ether oxygens (including phenoxy) is 1. The minimum Gasteiger partial charge on any atom is -0.443 e. The zero-order chi connectivity index (χ0) is 15.0. The van der Waals surface area contributed by atoms with E-state index in [1.165, 1.54) is 0 Å². The van der Waals surface area contributed by atoms with E-state index in [9.17, 15) is 14.4 Å². The Bertz CT molecular complexity index is 411. The van der Waals surface area contributed by atoms with Crippen LogP contribution in [-0.4, -0.2) is 40.5 Å². The molecule has 0 aromatic rings. The molecule has 0 radical (unpaired) electrons. The van der Waals surface area contributed by atoms with Crippen molar-refractivity contribution in [1.82, 2.24) is 10.2 Å². The highest BCUT2D eigenvalue weighted by atomic mass is 16.6. The molecule has 0 bridgehead atoms. The number of nitrogens with zero attached hydrogens (tertiary/aromatic N) is 1. The Morgan fingerprint density at radius 3 is 2.32 bits per heavy atom. The van der Waals surface area contributed by atoms with Crippen molar-refractivity contribution in [3.05, 3.63) is 0 Å². The second kappa shape index (κ2) is 4.83. The summed E-state index contributed by atoms with van der Waals surface area (Å²) in [6.45, 7) is 10.1. The molecule has 0 aromatic carbocycles. The molecule has 0 aromatic heterocycles. The fraction of sp³-hybridized carbons (Fsp3) is 0.769. The summed E-state index contributed by atoms with van der Waals surface area (Å²) in [5.74, 6) is -0.924. The van der Waals surface area contributed by atoms with Crippen molar-refractivity contribution < 1.29 is 19.1 Å². The summed E-state index contributed by atoms with van der Waals surface area (Å²) >= 11 is 0.